The minimum Gasteiger partial charge on any atom is -0.316 e. The van der Waals surface area contributed by atoms with Crippen LogP contribution >= 0.6 is 38.6 Å². The summed E-state index contributed by atoms with van der Waals surface area (Å²) in [6.07, 6.45) is 1.22. The molecule has 0 amide bonds. The first-order valence-corrected chi connectivity index (χ1v) is 7.74. The van der Waals surface area contributed by atoms with E-state index in [2.05, 4.69) is 38.8 Å². The molecule has 1 unspecified atom stereocenters. The number of aromatic nitrogens is 1. The number of hydrogen-bond donors (Lipinski definition) is 1. The molecule has 0 spiro atoms. The number of hydrogen-bond acceptors (Lipinski definition) is 4. The fourth-order valence-electron chi connectivity index (χ4n) is 1.91. The summed E-state index contributed by atoms with van der Waals surface area (Å²) in [6, 6.07) is 4.20. The third-order valence-electron chi connectivity index (χ3n) is 2.76. The van der Waals surface area contributed by atoms with Crippen LogP contribution in [0, 0.1) is 0 Å². The van der Waals surface area contributed by atoms with E-state index in [9.17, 15) is 0 Å². The van der Waals surface area contributed by atoms with Crippen molar-refractivity contribution in [1.29, 1.82) is 0 Å². The van der Waals surface area contributed by atoms with Gasteiger partial charge in [0.2, 0.25) is 0 Å². The highest BCUT2D eigenvalue weighted by molar-refractivity contribution is 9.11. The zero-order valence-electron chi connectivity index (χ0n) is 8.57. The summed E-state index contributed by atoms with van der Waals surface area (Å²) in [7, 11) is 0. The number of thiophene rings is 1. The number of nitrogens with one attached hydrogen (secondary N) is 1. The van der Waals surface area contributed by atoms with Crippen molar-refractivity contribution >= 4 is 38.6 Å². The summed E-state index contributed by atoms with van der Waals surface area (Å²) in [5, 5.41) is 6.84. The van der Waals surface area contributed by atoms with Crippen LogP contribution < -0.4 is 5.32 Å². The quantitative estimate of drug-likeness (QED) is 0.914. The Morgan fingerprint density at radius 3 is 3.06 bits per heavy atom. The second-order valence-electron chi connectivity index (χ2n) is 3.86. The zero-order chi connectivity index (χ0) is 11.0. The van der Waals surface area contributed by atoms with Gasteiger partial charge in [-0.1, -0.05) is 0 Å². The molecule has 1 saturated heterocycles. The molecular weight excluding hydrogens is 304 g/mol. The Kier molecular flexibility index (Phi) is 3.11. The van der Waals surface area contributed by atoms with E-state index < -0.39 is 0 Å². The molecule has 2 aromatic rings. The fraction of sp³-hybridized carbons (Fsp3) is 0.364. The van der Waals surface area contributed by atoms with E-state index in [0.717, 1.165) is 18.8 Å². The SMILES string of the molecule is Brc1ccc(-c2csc(C3CCNC3)n2)s1. The predicted octanol–water partition coefficient (Wildman–Crippen LogP) is 3.71. The lowest BCUT2D eigenvalue weighted by Gasteiger charge is -2.01. The van der Waals surface area contributed by atoms with E-state index in [1.165, 1.54) is 20.1 Å². The fourth-order valence-corrected chi connectivity index (χ4v) is 4.28. The van der Waals surface area contributed by atoms with Gasteiger partial charge >= 0.3 is 0 Å². The lowest BCUT2D eigenvalue weighted by atomic mass is 10.1. The summed E-state index contributed by atoms with van der Waals surface area (Å²) in [5.74, 6) is 0.627. The maximum atomic E-state index is 4.74. The maximum Gasteiger partial charge on any atom is 0.0977 e. The van der Waals surface area contributed by atoms with Gasteiger partial charge in [-0.25, -0.2) is 4.98 Å². The Hall–Kier alpha value is -0.230. The van der Waals surface area contributed by atoms with E-state index in [0.29, 0.717) is 5.92 Å². The molecular formula is C11H11BrN2S2. The van der Waals surface area contributed by atoms with E-state index in [-0.39, 0.29) is 0 Å². The van der Waals surface area contributed by atoms with Crippen LogP contribution in [0.5, 0.6) is 0 Å². The Morgan fingerprint density at radius 2 is 2.38 bits per heavy atom. The van der Waals surface area contributed by atoms with Gasteiger partial charge in [0.1, 0.15) is 0 Å². The molecule has 1 N–H and O–H groups in total. The van der Waals surface area contributed by atoms with Crippen LogP contribution in [-0.2, 0) is 0 Å². The normalized spacial score (nSPS) is 20.4. The predicted molar refractivity (Wildman–Crippen MR) is 73.4 cm³/mol. The summed E-state index contributed by atoms with van der Waals surface area (Å²) in [4.78, 5) is 5.99. The Balaban J connectivity index is 1.87. The molecule has 5 heteroatoms. The monoisotopic (exact) mass is 314 g/mol. The third-order valence-corrected chi connectivity index (χ3v) is 5.41. The average molecular weight is 315 g/mol. The number of rotatable bonds is 2. The lowest BCUT2D eigenvalue weighted by Crippen LogP contribution is -2.07. The van der Waals surface area contributed by atoms with Gasteiger partial charge in [0, 0.05) is 17.8 Å². The standard InChI is InChI=1S/C11H11BrN2S2/c12-10-2-1-9(16-10)8-6-15-11(14-8)7-3-4-13-5-7/h1-2,6-7,13H,3-5H2. The molecule has 1 atom stereocenters. The molecule has 0 bridgehead atoms. The zero-order valence-corrected chi connectivity index (χ0v) is 11.8. The second kappa shape index (κ2) is 4.56. The first-order chi connectivity index (χ1) is 7.83. The van der Waals surface area contributed by atoms with E-state index in [1.54, 1.807) is 22.7 Å². The average Bonchev–Trinajstić information content (AvgIpc) is 2.97. The molecule has 0 saturated carbocycles. The van der Waals surface area contributed by atoms with Crippen molar-refractivity contribution in [3.8, 4) is 10.6 Å². The van der Waals surface area contributed by atoms with Crippen LogP contribution in [0.4, 0.5) is 0 Å². The summed E-state index contributed by atoms with van der Waals surface area (Å²) in [6.45, 7) is 2.21. The largest absolute Gasteiger partial charge is 0.316 e. The van der Waals surface area contributed by atoms with Crippen molar-refractivity contribution in [2.75, 3.05) is 13.1 Å². The first kappa shape index (κ1) is 10.9. The summed E-state index contributed by atoms with van der Waals surface area (Å²) < 4.78 is 1.17. The molecule has 1 fully saturated rings. The van der Waals surface area contributed by atoms with Crippen LogP contribution in [0.1, 0.15) is 17.3 Å². The Bertz CT molecular complexity index is 486. The van der Waals surface area contributed by atoms with Gasteiger partial charge in [0.15, 0.2) is 0 Å². The van der Waals surface area contributed by atoms with E-state index in [4.69, 9.17) is 4.98 Å². The third kappa shape index (κ3) is 2.09. The molecule has 1 aliphatic heterocycles. The highest BCUT2D eigenvalue weighted by Gasteiger charge is 2.20. The van der Waals surface area contributed by atoms with E-state index in [1.807, 2.05) is 0 Å². The van der Waals surface area contributed by atoms with Crippen LogP contribution in [0.15, 0.2) is 21.3 Å². The van der Waals surface area contributed by atoms with Gasteiger partial charge in [-0.05, 0) is 41.0 Å². The Labute approximate surface area is 111 Å². The van der Waals surface area contributed by atoms with Gasteiger partial charge in [-0.2, -0.15) is 0 Å². The van der Waals surface area contributed by atoms with Crippen LogP contribution in [-0.4, -0.2) is 18.1 Å². The van der Waals surface area contributed by atoms with Crippen molar-refractivity contribution in [3.63, 3.8) is 0 Å². The van der Waals surface area contributed by atoms with Gasteiger partial charge in [0.25, 0.3) is 0 Å². The second-order valence-corrected chi connectivity index (χ2v) is 7.22. The minimum absolute atomic E-state index is 0.627. The molecule has 2 nitrogen and oxygen atoms in total. The molecule has 0 aliphatic carbocycles. The van der Waals surface area contributed by atoms with Gasteiger partial charge < -0.3 is 5.32 Å². The Morgan fingerprint density at radius 1 is 1.44 bits per heavy atom. The van der Waals surface area contributed by atoms with Crippen molar-refractivity contribution in [1.82, 2.24) is 10.3 Å². The van der Waals surface area contributed by atoms with Crippen LogP contribution in [0.3, 0.4) is 0 Å². The van der Waals surface area contributed by atoms with Gasteiger partial charge in [-0.15, -0.1) is 22.7 Å². The highest BCUT2D eigenvalue weighted by Crippen LogP contribution is 2.34. The molecule has 2 aromatic heterocycles. The summed E-state index contributed by atoms with van der Waals surface area (Å²) in [5.41, 5.74) is 1.13. The molecule has 0 radical (unpaired) electrons. The number of thiazole rings is 1. The number of nitrogens with zero attached hydrogens (tertiary/aromatic N) is 1. The van der Waals surface area contributed by atoms with Crippen LogP contribution in [0.25, 0.3) is 10.6 Å². The van der Waals surface area contributed by atoms with Crippen molar-refractivity contribution in [2.45, 2.75) is 12.3 Å². The number of halogens is 1. The molecule has 1 aliphatic rings. The molecule has 0 aromatic carbocycles. The molecule has 3 rings (SSSR count). The van der Waals surface area contributed by atoms with Crippen LogP contribution in [0.2, 0.25) is 0 Å². The van der Waals surface area contributed by atoms with Crippen molar-refractivity contribution in [2.24, 2.45) is 0 Å². The molecule has 84 valence electrons. The van der Waals surface area contributed by atoms with E-state index >= 15 is 0 Å². The molecule has 3 heterocycles. The highest BCUT2D eigenvalue weighted by atomic mass is 79.9. The first-order valence-electron chi connectivity index (χ1n) is 5.25. The molecule has 16 heavy (non-hydrogen) atoms. The van der Waals surface area contributed by atoms with Gasteiger partial charge in [-0.3, -0.25) is 0 Å². The minimum atomic E-state index is 0.627. The topological polar surface area (TPSA) is 24.9 Å². The van der Waals surface area contributed by atoms with Gasteiger partial charge in [0.05, 0.1) is 19.4 Å². The van der Waals surface area contributed by atoms with Crippen molar-refractivity contribution in [3.05, 3.63) is 26.3 Å². The summed E-state index contributed by atoms with van der Waals surface area (Å²) >= 11 is 7.02. The lowest BCUT2D eigenvalue weighted by molar-refractivity contribution is 0.756. The maximum absolute atomic E-state index is 4.74. The van der Waals surface area contributed by atoms with Crippen molar-refractivity contribution < 1.29 is 0 Å². The smallest absolute Gasteiger partial charge is 0.0977 e.